The predicted octanol–water partition coefficient (Wildman–Crippen LogP) is -1.08. The third-order valence-electron chi connectivity index (χ3n) is 19.3. The molecule has 0 bridgehead atoms. The monoisotopic (exact) mass is 1130 g/mol. The average Bonchev–Trinajstić information content (AvgIpc) is 3.51. The Balaban J connectivity index is 1.04. The van der Waals surface area contributed by atoms with Crippen molar-refractivity contribution in [2.45, 2.75) is 229 Å². The van der Waals surface area contributed by atoms with Gasteiger partial charge in [0.1, 0.15) is 97.3 Å². The fraction of sp³-hybridized carbons (Fsp3) is 0.922. The van der Waals surface area contributed by atoms with Crippen LogP contribution in [0.3, 0.4) is 0 Å². The Labute approximate surface area is 448 Å². The third-order valence-corrected chi connectivity index (χ3v) is 19.7. The van der Waals surface area contributed by atoms with E-state index in [1.54, 1.807) is 6.92 Å². The van der Waals surface area contributed by atoms with Crippen LogP contribution < -0.4 is 0 Å². The Kier molecular flexibility index (Phi) is 18.3. The Morgan fingerprint density at radius 1 is 0.675 bits per heavy atom. The molecule has 8 aliphatic rings. The summed E-state index contributed by atoms with van der Waals surface area (Å²) in [4.78, 5) is 25.7. The van der Waals surface area contributed by atoms with Crippen molar-refractivity contribution in [3.8, 4) is 0 Å². The first-order valence-electron chi connectivity index (χ1n) is 26.7. The van der Waals surface area contributed by atoms with Crippen molar-refractivity contribution in [2.24, 2.45) is 39.4 Å². The number of aliphatic hydroxyl groups excluding tert-OH is 9. The molecule has 0 aromatic heterocycles. The minimum Gasteiger partial charge on any atom is -0.462 e. The van der Waals surface area contributed by atoms with E-state index in [-0.39, 0.29) is 28.4 Å². The molecule has 0 amide bonds. The SMILES string of the molecule is COC1C(O)C(CO)OC(OC2C(O)C(COS(=O)(=O)O)OC(OC3COC(OC4CCC5(C)C6=CCC7(C)C(C(C)=O)[C@H](OC(C)=O)CC[C@@]7(C)C6CCC5C4(C)C)C(OC4OC(C)C(O)C(O)C4O)C3O)C2O)C1O. The summed E-state index contributed by atoms with van der Waals surface area (Å²) in [6.07, 6.45) is -25.8. The van der Waals surface area contributed by atoms with Gasteiger partial charge in [-0.05, 0) is 92.3 Å². The van der Waals surface area contributed by atoms with E-state index in [4.69, 9.17) is 47.4 Å². The maximum Gasteiger partial charge on any atom is 0.397 e. The maximum atomic E-state index is 13.5. The topological polar surface area (TPSA) is 372 Å². The van der Waals surface area contributed by atoms with Crippen molar-refractivity contribution in [1.82, 2.24) is 0 Å². The Morgan fingerprint density at radius 3 is 1.94 bits per heavy atom. The molecule has 8 rings (SSSR count). The van der Waals surface area contributed by atoms with Gasteiger partial charge in [0.25, 0.3) is 0 Å². The summed E-state index contributed by atoms with van der Waals surface area (Å²) in [5, 5.41) is 99.5. The highest BCUT2D eigenvalue weighted by Gasteiger charge is 2.67. The summed E-state index contributed by atoms with van der Waals surface area (Å²) in [5.74, 6) is -0.640. The zero-order valence-corrected chi connectivity index (χ0v) is 45.8. The lowest BCUT2D eigenvalue weighted by atomic mass is 9.37. The molecule has 26 heteroatoms. The maximum absolute atomic E-state index is 13.5. The van der Waals surface area contributed by atoms with E-state index in [1.165, 1.54) is 19.4 Å². The number of allylic oxidation sites excluding steroid dienone is 2. The fourth-order valence-corrected chi connectivity index (χ4v) is 15.3. The summed E-state index contributed by atoms with van der Waals surface area (Å²) in [7, 11) is -3.99. The molecule has 7 fully saturated rings. The van der Waals surface area contributed by atoms with Gasteiger partial charge in [-0.2, -0.15) is 8.42 Å². The average molecular weight is 1130 g/mol. The molecule has 4 aliphatic heterocycles. The number of ether oxygens (including phenoxy) is 10. The van der Waals surface area contributed by atoms with Crippen molar-refractivity contribution in [3.63, 3.8) is 0 Å². The summed E-state index contributed by atoms with van der Waals surface area (Å²) >= 11 is 0. The number of Topliss-reactive ketones (excluding diaryl/α,β-unsaturated/α-hetero) is 1. The molecule has 4 heterocycles. The molecule has 77 heavy (non-hydrogen) atoms. The van der Waals surface area contributed by atoms with Crippen LogP contribution in [0.15, 0.2) is 11.6 Å². The number of hydrogen-bond donors (Lipinski definition) is 10. The highest BCUT2D eigenvalue weighted by molar-refractivity contribution is 7.80. The zero-order valence-electron chi connectivity index (χ0n) is 45.0. The summed E-state index contributed by atoms with van der Waals surface area (Å²) in [5.41, 5.74) is -0.241. The van der Waals surface area contributed by atoms with Crippen LogP contribution in [0, 0.1) is 39.4 Å². The molecule has 0 aromatic carbocycles. The van der Waals surface area contributed by atoms with Crippen molar-refractivity contribution >= 4 is 22.2 Å². The molecule has 3 saturated carbocycles. The first kappa shape index (κ1) is 61.1. The van der Waals surface area contributed by atoms with Crippen LogP contribution >= 0.6 is 0 Å². The number of fused-ring (bicyclic) bond motifs is 5. The van der Waals surface area contributed by atoms with Gasteiger partial charge in [0.15, 0.2) is 25.2 Å². The molecule has 442 valence electrons. The molecule has 25 unspecified atom stereocenters. The Hall–Kier alpha value is -1.97. The Morgan fingerprint density at radius 2 is 1.30 bits per heavy atom. The molecule has 0 radical (unpaired) electrons. The van der Waals surface area contributed by atoms with Crippen molar-refractivity contribution in [3.05, 3.63) is 11.6 Å². The quantitative estimate of drug-likeness (QED) is 0.0403. The minimum absolute atomic E-state index is 0.00741. The third kappa shape index (κ3) is 11.2. The van der Waals surface area contributed by atoms with Gasteiger partial charge < -0.3 is 93.3 Å². The minimum atomic E-state index is -5.15. The molecular weight excluding hydrogens is 1040 g/mol. The summed E-state index contributed by atoms with van der Waals surface area (Å²) < 4.78 is 96.9. The molecular formula is C51H82O25S. The fourth-order valence-electron chi connectivity index (χ4n) is 15.0. The smallest absolute Gasteiger partial charge is 0.397 e. The largest absolute Gasteiger partial charge is 0.462 e. The number of methoxy groups -OCH3 is 1. The first-order valence-corrected chi connectivity index (χ1v) is 28.1. The summed E-state index contributed by atoms with van der Waals surface area (Å²) in [6.45, 7) is 13.1. The molecule has 25 nitrogen and oxygen atoms in total. The second-order valence-corrected chi connectivity index (χ2v) is 25.0. The second kappa shape index (κ2) is 23.0. The summed E-state index contributed by atoms with van der Waals surface area (Å²) in [6, 6.07) is 0. The van der Waals surface area contributed by atoms with E-state index < -0.39 is 182 Å². The standard InChI is InChI=1S/C51H82O25S/c1-21(53)32-26(70-23(3)54)13-17-50(7)25-10-11-30-48(4,5)31(14-15-49(30,6)24(25)12-16-51(32,50)8)74-47-43(76-44-38(60)37(59)33(55)22(2)69-44)36(58)28(19-67-47)72-45-40(62)42(35(57)29(73-45)20-68-77(63,64)65)75-46-39(61)41(66-9)34(56)27(18-52)71-46/h12,22,25-47,52,55-62H,10-11,13-20H2,1-9H3,(H,63,64,65)/t22?,25?,26-,27?,28?,29?,30?,31?,32?,33?,34?,35?,36?,37?,38?,39?,40?,41?,42?,43?,44?,45?,46?,47?,49?,50+,51?/m1/s1. The van der Waals surface area contributed by atoms with Gasteiger partial charge in [-0.25, -0.2) is 4.18 Å². The van der Waals surface area contributed by atoms with Crippen LogP contribution in [0.1, 0.15) is 100 Å². The highest BCUT2D eigenvalue weighted by atomic mass is 32.3. The number of carbonyl (C=O) groups is 2. The van der Waals surface area contributed by atoms with Crippen LogP contribution in [-0.4, -0.2) is 227 Å². The second-order valence-electron chi connectivity index (χ2n) is 24.0. The van der Waals surface area contributed by atoms with E-state index in [2.05, 4.69) is 44.9 Å². The van der Waals surface area contributed by atoms with Crippen LogP contribution in [0.25, 0.3) is 0 Å². The van der Waals surface area contributed by atoms with Gasteiger partial charge in [0.2, 0.25) is 0 Å². The number of hydrogen-bond acceptors (Lipinski definition) is 24. The van der Waals surface area contributed by atoms with Crippen LogP contribution in [-0.2, 0) is 71.5 Å². The van der Waals surface area contributed by atoms with Gasteiger partial charge >= 0.3 is 16.4 Å². The van der Waals surface area contributed by atoms with E-state index in [0.717, 1.165) is 26.4 Å². The molecule has 10 N–H and O–H groups in total. The predicted molar refractivity (Wildman–Crippen MR) is 260 cm³/mol. The molecule has 0 aromatic rings. The van der Waals surface area contributed by atoms with E-state index in [0.29, 0.717) is 25.7 Å². The van der Waals surface area contributed by atoms with E-state index in [1.807, 2.05) is 0 Å². The van der Waals surface area contributed by atoms with Gasteiger partial charge in [-0.3, -0.25) is 14.1 Å². The van der Waals surface area contributed by atoms with Crippen LogP contribution in [0.4, 0.5) is 0 Å². The van der Waals surface area contributed by atoms with Crippen LogP contribution in [0.5, 0.6) is 0 Å². The normalized spacial score (nSPS) is 50.1. The van der Waals surface area contributed by atoms with Gasteiger partial charge in [0, 0.05) is 14.0 Å². The van der Waals surface area contributed by atoms with Crippen molar-refractivity contribution in [2.75, 3.05) is 26.9 Å². The molecule has 27 atom stereocenters. The highest BCUT2D eigenvalue weighted by Crippen LogP contribution is 2.71. The lowest BCUT2D eigenvalue weighted by molar-refractivity contribution is -0.388. The van der Waals surface area contributed by atoms with E-state index in [9.17, 15) is 68.5 Å². The van der Waals surface area contributed by atoms with Gasteiger partial charge in [0.05, 0.1) is 37.9 Å². The first-order chi connectivity index (χ1) is 35.9. The number of carbonyl (C=O) groups excluding carboxylic acids is 2. The number of rotatable bonds is 15. The zero-order chi connectivity index (χ0) is 56.6. The molecule has 0 spiro atoms. The van der Waals surface area contributed by atoms with Crippen LogP contribution in [0.2, 0.25) is 0 Å². The molecule has 4 aliphatic carbocycles. The molecule has 4 saturated heterocycles. The van der Waals surface area contributed by atoms with E-state index >= 15 is 0 Å². The lowest BCUT2D eigenvalue weighted by Gasteiger charge is -2.67. The Bertz CT molecular complexity index is 2240. The van der Waals surface area contributed by atoms with Gasteiger partial charge in [-0.1, -0.05) is 46.3 Å². The number of aliphatic hydroxyl groups is 9. The van der Waals surface area contributed by atoms with Crippen molar-refractivity contribution in [1.29, 1.82) is 0 Å². The number of ketones is 1. The van der Waals surface area contributed by atoms with Crippen molar-refractivity contribution < 1.29 is 120 Å². The lowest BCUT2D eigenvalue weighted by Crippen LogP contribution is -2.67. The van der Waals surface area contributed by atoms with Gasteiger partial charge in [-0.15, -0.1) is 0 Å². The number of esters is 1.